The van der Waals surface area contributed by atoms with Crippen LogP contribution in [-0.2, 0) is 17.7 Å². The number of anilines is 2. The predicted molar refractivity (Wildman–Crippen MR) is 104 cm³/mol. The van der Waals surface area contributed by atoms with Gasteiger partial charge in [-0.3, -0.25) is 4.90 Å². The van der Waals surface area contributed by atoms with Crippen LogP contribution in [0.5, 0.6) is 0 Å². The number of fused-ring (bicyclic) bond motifs is 1. The Morgan fingerprint density at radius 1 is 1.31 bits per heavy atom. The molecule has 2 aliphatic rings. The van der Waals surface area contributed by atoms with Gasteiger partial charge in [-0.05, 0) is 24.5 Å². The van der Waals surface area contributed by atoms with Gasteiger partial charge in [0, 0.05) is 45.0 Å². The summed E-state index contributed by atoms with van der Waals surface area (Å²) in [6.45, 7) is 8.09. The number of hydrogen-bond acceptors (Lipinski definition) is 7. The van der Waals surface area contributed by atoms with Crippen LogP contribution in [0.25, 0.3) is 0 Å². The molecule has 0 bridgehead atoms. The van der Waals surface area contributed by atoms with Gasteiger partial charge in [0.15, 0.2) is 5.13 Å². The van der Waals surface area contributed by atoms with E-state index in [2.05, 4.69) is 38.3 Å². The van der Waals surface area contributed by atoms with Crippen molar-refractivity contribution in [3.05, 3.63) is 40.4 Å². The van der Waals surface area contributed by atoms with Crippen LogP contribution in [0.1, 0.15) is 27.7 Å². The predicted octanol–water partition coefficient (Wildman–Crippen LogP) is 2.61. The molecule has 3 heterocycles. The number of thiazole rings is 1. The number of benzene rings is 1. The first-order valence-corrected chi connectivity index (χ1v) is 10.0. The quantitative estimate of drug-likeness (QED) is 0.815. The average Bonchev–Trinajstić information content (AvgIpc) is 3.33. The zero-order valence-corrected chi connectivity index (χ0v) is 15.8. The number of aromatic nitrogens is 1. The third kappa shape index (κ3) is 3.54. The van der Waals surface area contributed by atoms with Crippen LogP contribution in [0.3, 0.4) is 0 Å². The van der Waals surface area contributed by atoms with Gasteiger partial charge >= 0.3 is 5.97 Å². The van der Waals surface area contributed by atoms with Gasteiger partial charge in [0.1, 0.15) is 4.88 Å². The molecule has 0 atom stereocenters. The van der Waals surface area contributed by atoms with E-state index >= 15 is 0 Å². The summed E-state index contributed by atoms with van der Waals surface area (Å²) in [4.78, 5) is 21.6. The molecule has 7 heteroatoms. The highest BCUT2D eigenvalue weighted by molar-refractivity contribution is 7.17. The van der Waals surface area contributed by atoms with Gasteiger partial charge in [0.05, 0.1) is 12.8 Å². The van der Waals surface area contributed by atoms with E-state index in [-0.39, 0.29) is 5.97 Å². The maximum absolute atomic E-state index is 11.8. The van der Waals surface area contributed by atoms with Crippen LogP contribution in [0.15, 0.2) is 24.4 Å². The molecular formula is C19H24N4O2S. The molecule has 1 aromatic carbocycles. The summed E-state index contributed by atoms with van der Waals surface area (Å²) >= 11 is 1.42. The molecule has 0 aliphatic carbocycles. The molecule has 0 unspecified atom stereocenters. The van der Waals surface area contributed by atoms with Crippen molar-refractivity contribution in [1.82, 2.24) is 9.88 Å². The fraction of sp³-hybridized carbons (Fsp3) is 0.474. The maximum atomic E-state index is 11.8. The number of para-hydroxylation sites is 1. The van der Waals surface area contributed by atoms with Gasteiger partial charge in [0.2, 0.25) is 0 Å². The molecule has 0 saturated carbocycles. The van der Waals surface area contributed by atoms with Crippen molar-refractivity contribution in [2.45, 2.75) is 19.9 Å². The first-order chi connectivity index (χ1) is 12.7. The van der Waals surface area contributed by atoms with Crippen LogP contribution in [-0.4, -0.2) is 55.2 Å². The van der Waals surface area contributed by atoms with E-state index < -0.39 is 0 Å². The molecule has 4 rings (SSSR count). The Balaban J connectivity index is 1.35. The molecule has 2 aliphatic heterocycles. The van der Waals surface area contributed by atoms with E-state index in [1.54, 1.807) is 6.20 Å². The third-order valence-electron chi connectivity index (χ3n) is 4.94. The minimum atomic E-state index is -0.277. The Morgan fingerprint density at radius 3 is 2.96 bits per heavy atom. The third-order valence-corrected chi connectivity index (χ3v) is 5.98. The van der Waals surface area contributed by atoms with Crippen molar-refractivity contribution in [2.75, 3.05) is 49.5 Å². The Hall–Kier alpha value is -2.12. The smallest absolute Gasteiger partial charge is 0.350 e. The second-order valence-electron chi connectivity index (χ2n) is 6.62. The van der Waals surface area contributed by atoms with Crippen molar-refractivity contribution >= 4 is 28.1 Å². The number of hydrogen-bond donors (Lipinski definition) is 1. The van der Waals surface area contributed by atoms with E-state index in [1.165, 1.54) is 28.2 Å². The SMILES string of the molecule is CCOC(=O)c1cnc(N2CCN(Cc3cccc4c3NCC4)CC2)s1. The van der Waals surface area contributed by atoms with Crippen molar-refractivity contribution in [3.63, 3.8) is 0 Å². The van der Waals surface area contributed by atoms with Gasteiger partial charge in [0.25, 0.3) is 0 Å². The molecule has 0 radical (unpaired) electrons. The number of nitrogens with zero attached hydrogens (tertiary/aromatic N) is 3. The highest BCUT2D eigenvalue weighted by atomic mass is 32.1. The monoisotopic (exact) mass is 372 g/mol. The molecule has 26 heavy (non-hydrogen) atoms. The van der Waals surface area contributed by atoms with Crippen molar-refractivity contribution in [3.8, 4) is 0 Å². The molecule has 6 nitrogen and oxygen atoms in total. The molecule has 1 fully saturated rings. The Morgan fingerprint density at radius 2 is 2.15 bits per heavy atom. The lowest BCUT2D eigenvalue weighted by atomic mass is 10.1. The Bertz CT molecular complexity index is 784. The first kappa shape index (κ1) is 17.3. The summed E-state index contributed by atoms with van der Waals surface area (Å²) in [7, 11) is 0. The van der Waals surface area contributed by atoms with Crippen molar-refractivity contribution in [2.24, 2.45) is 0 Å². The van der Waals surface area contributed by atoms with Gasteiger partial charge in [-0.15, -0.1) is 0 Å². The number of carbonyl (C=O) groups excluding carboxylic acids is 1. The second-order valence-corrected chi connectivity index (χ2v) is 7.63. The topological polar surface area (TPSA) is 57.7 Å². The van der Waals surface area contributed by atoms with Crippen LogP contribution < -0.4 is 10.2 Å². The largest absolute Gasteiger partial charge is 0.462 e. The van der Waals surface area contributed by atoms with Crippen LogP contribution >= 0.6 is 11.3 Å². The van der Waals surface area contributed by atoms with E-state index in [0.29, 0.717) is 11.5 Å². The molecule has 0 amide bonds. The zero-order valence-electron chi connectivity index (χ0n) is 15.0. The summed E-state index contributed by atoms with van der Waals surface area (Å²) in [6.07, 6.45) is 2.76. The fourth-order valence-corrected chi connectivity index (χ4v) is 4.45. The number of ether oxygens (including phenoxy) is 1. The van der Waals surface area contributed by atoms with Gasteiger partial charge < -0.3 is 15.0 Å². The summed E-state index contributed by atoms with van der Waals surface area (Å²) < 4.78 is 5.05. The van der Waals surface area contributed by atoms with Crippen LogP contribution in [0, 0.1) is 0 Å². The maximum Gasteiger partial charge on any atom is 0.350 e. The van der Waals surface area contributed by atoms with Gasteiger partial charge in [-0.2, -0.15) is 0 Å². The van der Waals surface area contributed by atoms with Crippen molar-refractivity contribution < 1.29 is 9.53 Å². The Labute approximate surface area is 157 Å². The molecule has 1 N–H and O–H groups in total. The first-order valence-electron chi connectivity index (χ1n) is 9.19. The number of esters is 1. The van der Waals surface area contributed by atoms with E-state index in [9.17, 15) is 4.79 Å². The highest BCUT2D eigenvalue weighted by Gasteiger charge is 2.22. The molecule has 0 spiro atoms. The lowest BCUT2D eigenvalue weighted by molar-refractivity contribution is 0.0532. The summed E-state index contributed by atoms with van der Waals surface area (Å²) in [5.41, 5.74) is 4.18. The molecule has 1 saturated heterocycles. The minimum absolute atomic E-state index is 0.277. The Kier molecular flexibility index (Phi) is 5.08. The average molecular weight is 372 g/mol. The zero-order chi connectivity index (χ0) is 17.9. The molecule has 138 valence electrons. The summed E-state index contributed by atoms with van der Waals surface area (Å²) in [5, 5.41) is 4.44. The van der Waals surface area contributed by atoms with E-state index in [1.807, 2.05) is 6.92 Å². The molecule has 2 aromatic rings. The number of carbonyl (C=O) groups is 1. The van der Waals surface area contributed by atoms with Crippen molar-refractivity contribution in [1.29, 1.82) is 0 Å². The number of piperazine rings is 1. The summed E-state index contributed by atoms with van der Waals surface area (Å²) in [5.74, 6) is -0.277. The highest BCUT2D eigenvalue weighted by Crippen LogP contribution is 2.28. The van der Waals surface area contributed by atoms with Gasteiger partial charge in [-0.25, -0.2) is 9.78 Å². The van der Waals surface area contributed by atoms with Crippen LogP contribution in [0.2, 0.25) is 0 Å². The minimum Gasteiger partial charge on any atom is -0.462 e. The molecular weight excluding hydrogens is 348 g/mol. The number of rotatable bonds is 5. The lowest BCUT2D eigenvalue weighted by Crippen LogP contribution is -2.46. The fourth-order valence-electron chi connectivity index (χ4n) is 3.59. The number of nitrogens with one attached hydrogen (secondary N) is 1. The second kappa shape index (κ2) is 7.63. The van der Waals surface area contributed by atoms with Gasteiger partial charge in [-0.1, -0.05) is 29.5 Å². The van der Waals surface area contributed by atoms with Crippen LogP contribution in [0.4, 0.5) is 10.8 Å². The molecule has 1 aromatic heterocycles. The van der Waals surface area contributed by atoms with E-state index in [0.717, 1.165) is 50.8 Å². The standard InChI is InChI=1S/C19H24N4O2S/c1-2-25-18(24)16-12-21-19(26-16)23-10-8-22(9-11-23)13-15-5-3-4-14-6-7-20-17(14)15/h3-5,12,20H,2,6-11,13H2,1H3. The summed E-state index contributed by atoms with van der Waals surface area (Å²) in [6, 6.07) is 6.63. The normalized spacial score (nSPS) is 17.0. The van der Waals surface area contributed by atoms with E-state index in [4.69, 9.17) is 4.74 Å². The lowest BCUT2D eigenvalue weighted by Gasteiger charge is -2.34.